The Morgan fingerprint density at radius 2 is 0.913 bits per heavy atom. The number of pyridine rings is 2. The van der Waals surface area contributed by atoms with Crippen LogP contribution in [0.5, 0.6) is 0 Å². The summed E-state index contributed by atoms with van der Waals surface area (Å²) in [6, 6.07) is 50.3. The maximum absolute atomic E-state index is 6.30. The van der Waals surface area contributed by atoms with Crippen LogP contribution in [0.3, 0.4) is 0 Å². The van der Waals surface area contributed by atoms with Crippen LogP contribution in [0.1, 0.15) is 0 Å². The second-order valence-electron chi connectivity index (χ2n) is 11.8. The van der Waals surface area contributed by atoms with Gasteiger partial charge in [-0.05, 0) is 48.0 Å². The lowest BCUT2D eigenvalue weighted by Crippen LogP contribution is -1.91. The van der Waals surface area contributed by atoms with E-state index in [2.05, 4.69) is 109 Å². The number of para-hydroxylation sites is 3. The Kier molecular flexibility index (Phi) is 5.25. The molecule has 0 radical (unpaired) electrons. The van der Waals surface area contributed by atoms with Gasteiger partial charge in [-0.2, -0.15) is 0 Å². The van der Waals surface area contributed by atoms with Crippen molar-refractivity contribution in [3.05, 3.63) is 146 Å². The summed E-state index contributed by atoms with van der Waals surface area (Å²) in [7, 11) is 0. The molecule has 4 heteroatoms. The van der Waals surface area contributed by atoms with Gasteiger partial charge in [-0.1, -0.05) is 103 Å². The van der Waals surface area contributed by atoms with Crippen LogP contribution in [-0.2, 0) is 0 Å². The normalized spacial score (nSPS) is 11.9. The molecule has 0 atom stereocenters. The Morgan fingerprint density at radius 3 is 1.65 bits per heavy atom. The van der Waals surface area contributed by atoms with E-state index in [1.807, 2.05) is 36.4 Å². The van der Waals surface area contributed by atoms with Crippen molar-refractivity contribution in [2.75, 3.05) is 0 Å². The van der Waals surface area contributed by atoms with Gasteiger partial charge < -0.3 is 8.83 Å². The van der Waals surface area contributed by atoms with Crippen LogP contribution in [-0.4, -0.2) is 9.97 Å². The summed E-state index contributed by atoms with van der Waals surface area (Å²) in [6.45, 7) is 0. The van der Waals surface area contributed by atoms with Gasteiger partial charge in [0.15, 0.2) is 0 Å². The van der Waals surface area contributed by atoms with Crippen LogP contribution in [0.4, 0.5) is 0 Å². The molecule has 0 bridgehead atoms. The van der Waals surface area contributed by atoms with Gasteiger partial charge in [-0.15, -0.1) is 0 Å². The maximum atomic E-state index is 6.30. The van der Waals surface area contributed by atoms with Crippen molar-refractivity contribution < 1.29 is 8.83 Å². The van der Waals surface area contributed by atoms with E-state index >= 15 is 0 Å². The smallest absolute Gasteiger partial charge is 0.143 e. The van der Waals surface area contributed by atoms with Crippen LogP contribution in [0.25, 0.3) is 99.3 Å². The van der Waals surface area contributed by atoms with Crippen molar-refractivity contribution in [2.24, 2.45) is 0 Å². The summed E-state index contributed by atoms with van der Waals surface area (Å²) < 4.78 is 12.4. The first-order valence-corrected chi connectivity index (χ1v) is 15.4. The average molecular weight is 589 g/mol. The number of hydrogen-bond donors (Lipinski definition) is 0. The summed E-state index contributed by atoms with van der Waals surface area (Å²) >= 11 is 0. The molecule has 46 heavy (non-hydrogen) atoms. The maximum Gasteiger partial charge on any atom is 0.143 e. The lowest BCUT2D eigenvalue weighted by molar-refractivity contribution is 0.669. The van der Waals surface area contributed by atoms with Gasteiger partial charge in [0.2, 0.25) is 0 Å². The monoisotopic (exact) mass is 588 g/mol. The largest absolute Gasteiger partial charge is 0.456 e. The summed E-state index contributed by atoms with van der Waals surface area (Å²) in [5.41, 5.74) is 11.5. The summed E-state index contributed by atoms with van der Waals surface area (Å²) in [5, 5.41) is 6.59. The molecule has 0 amide bonds. The minimum Gasteiger partial charge on any atom is -0.456 e. The van der Waals surface area contributed by atoms with Crippen molar-refractivity contribution in [1.29, 1.82) is 0 Å². The zero-order valence-electron chi connectivity index (χ0n) is 24.6. The van der Waals surface area contributed by atoms with E-state index in [-0.39, 0.29) is 0 Å². The first kappa shape index (κ1) is 25.1. The van der Waals surface area contributed by atoms with Crippen LogP contribution < -0.4 is 0 Å². The molecule has 0 unspecified atom stereocenters. The van der Waals surface area contributed by atoms with Gasteiger partial charge in [0, 0.05) is 49.0 Å². The van der Waals surface area contributed by atoms with Crippen molar-refractivity contribution in [1.82, 2.24) is 9.97 Å². The van der Waals surface area contributed by atoms with Gasteiger partial charge in [0.05, 0.1) is 22.4 Å². The Labute approximate surface area is 263 Å². The van der Waals surface area contributed by atoms with Crippen molar-refractivity contribution in [2.45, 2.75) is 0 Å². The predicted molar refractivity (Wildman–Crippen MR) is 188 cm³/mol. The highest BCUT2D eigenvalue weighted by molar-refractivity contribution is 6.10. The van der Waals surface area contributed by atoms with Gasteiger partial charge in [0.25, 0.3) is 0 Å². The van der Waals surface area contributed by atoms with Crippen molar-refractivity contribution >= 4 is 65.7 Å². The van der Waals surface area contributed by atoms with Gasteiger partial charge >= 0.3 is 0 Å². The van der Waals surface area contributed by atoms with Crippen LogP contribution in [0.2, 0.25) is 0 Å². The van der Waals surface area contributed by atoms with Crippen LogP contribution in [0.15, 0.2) is 154 Å². The van der Waals surface area contributed by atoms with Gasteiger partial charge in [-0.3, -0.25) is 0 Å². The average Bonchev–Trinajstić information content (AvgIpc) is 3.69. The number of nitrogens with zero attached hydrogens (tertiary/aromatic N) is 2. The highest BCUT2D eigenvalue weighted by Gasteiger charge is 2.14. The standard InChI is InChI=1S/C42H24N2O2/c1-4-11-38-31(6-1)33-9-5-8-30(42(33)46-38)25-12-14-26(15-13-25)35-21-18-27-16-17-28-19-22-36(44-41(28)40(27)43-35)29-20-23-39-34(24-29)32-7-2-3-10-37(32)45-39/h1-24H. The number of hydrogen-bond acceptors (Lipinski definition) is 4. The third kappa shape index (κ3) is 3.80. The topological polar surface area (TPSA) is 52.1 Å². The Balaban J connectivity index is 1.06. The molecule has 10 aromatic rings. The quantitative estimate of drug-likeness (QED) is 0.193. The SMILES string of the molecule is c1ccc2c(c1)oc1ccc(-c3ccc4ccc5ccc(-c6ccc(-c7cccc8c7oc7ccccc78)cc6)nc5c4n3)cc12. The van der Waals surface area contributed by atoms with E-state index in [0.29, 0.717) is 0 Å². The minimum atomic E-state index is 0.878. The van der Waals surface area contributed by atoms with E-state index in [0.717, 1.165) is 99.3 Å². The number of benzene rings is 6. The molecule has 0 saturated heterocycles. The van der Waals surface area contributed by atoms with Crippen molar-refractivity contribution in [3.8, 4) is 33.6 Å². The fourth-order valence-corrected chi connectivity index (χ4v) is 6.77. The highest BCUT2D eigenvalue weighted by Crippen LogP contribution is 2.37. The fraction of sp³-hybridized carbons (Fsp3) is 0. The molecule has 214 valence electrons. The third-order valence-corrected chi connectivity index (χ3v) is 9.09. The van der Waals surface area contributed by atoms with Gasteiger partial charge in [0.1, 0.15) is 22.3 Å². The molecular weight excluding hydrogens is 564 g/mol. The lowest BCUT2D eigenvalue weighted by Gasteiger charge is -2.09. The zero-order valence-corrected chi connectivity index (χ0v) is 24.6. The molecular formula is C42H24N2O2. The molecule has 0 aliphatic rings. The van der Waals surface area contributed by atoms with Gasteiger partial charge in [-0.25, -0.2) is 9.97 Å². The van der Waals surface area contributed by atoms with E-state index in [1.54, 1.807) is 0 Å². The number of furan rings is 2. The fourth-order valence-electron chi connectivity index (χ4n) is 6.77. The first-order valence-electron chi connectivity index (χ1n) is 15.4. The van der Waals surface area contributed by atoms with E-state index < -0.39 is 0 Å². The lowest BCUT2D eigenvalue weighted by atomic mass is 10.00. The molecule has 10 rings (SSSR count). The molecule has 0 fully saturated rings. The van der Waals surface area contributed by atoms with Crippen LogP contribution in [0, 0.1) is 0 Å². The molecule has 6 aromatic carbocycles. The first-order chi connectivity index (χ1) is 22.8. The number of aromatic nitrogens is 2. The Bertz CT molecular complexity index is 2810. The number of fused-ring (bicyclic) bond motifs is 9. The highest BCUT2D eigenvalue weighted by atomic mass is 16.3. The molecule has 0 aliphatic heterocycles. The predicted octanol–water partition coefficient (Wildman–Crippen LogP) is 11.6. The summed E-state index contributed by atoms with van der Waals surface area (Å²) in [4.78, 5) is 10.4. The third-order valence-electron chi connectivity index (χ3n) is 9.09. The second kappa shape index (κ2) is 9.62. The minimum absolute atomic E-state index is 0.878. The molecule has 0 N–H and O–H groups in total. The molecule has 4 aromatic heterocycles. The van der Waals surface area contributed by atoms with E-state index in [1.165, 1.54) is 0 Å². The Morgan fingerprint density at radius 1 is 0.370 bits per heavy atom. The summed E-state index contributed by atoms with van der Waals surface area (Å²) in [5.74, 6) is 0. The Hall–Kier alpha value is -6.26. The molecule has 0 saturated carbocycles. The number of rotatable bonds is 3. The molecule has 4 nitrogen and oxygen atoms in total. The van der Waals surface area contributed by atoms with Crippen molar-refractivity contribution in [3.63, 3.8) is 0 Å². The molecule has 0 spiro atoms. The summed E-state index contributed by atoms with van der Waals surface area (Å²) in [6.07, 6.45) is 0. The van der Waals surface area contributed by atoms with E-state index in [4.69, 9.17) is 18.8 Å². The zero-order chi connectivity index (χ0) is 30.2. The molecule has 0 aliphatic carbocycles. The second-order valence-corrected chi connectivity index (χ2v) is 11.8. The molecule has 4 heterocycles. The van der Waals surface area contributed by atoms with E-state index in [9.17, 15) is 0 Å². The van der Waals surface area contributed by atoms with Crippen LogP contribution >= 0.6 is 0 Å².